The van der Waals surface area contributed by atoms with E-state index in [4.69, 9.17) is 4.74 Å². The van der Waals surface area contributed by atoms with E-state index in [1.54, 1.807) is 0 Å². The second-order valence-electron chi connectivity index (χ2n) is 4.40. The van der Waals surface area contributed by atoms with Crippen LogP contribution in [0.15, 0.2) is 12.1 Å². The summed E-state index contributed by atoms with van der Waals surface area (Å²) in [6.07, 6.45) is 0.733. The molecular weight excluding hydrogens is 305 g/mol. The second kappa shape index (κ2) is 3.87. The zero-order chi connectivity index (χ0) is 12.9. The molecule has 0 amide bonds. The third-order valence-electron chi connectivity index (χ3n) is 3.26. The molecule has 1 aliphatic rings. The summed E-state index contributed by atoms with van der Waals surface area (Å²) in [5.74, 6) is -1.45. The molecule has 2 aromatic rings. The monoisotopic (exact) mass is 316 g/mol. The summed E-state index contributed by atoms with van der Waals surface area (Å²) in [5.41, 5.74) is 0.633. The third kappa shape index (κ3) is 1.52. The van der Waals surface area contributed by atoms with Crippen LogP contribution in [0.2, 0.25) is 0 Å². The predicted octanol–water partition coefficient (Wildman–Crippen LogP) is 2.50. The van der Waals surface area contributed by atoms with Crippen LogP contribution in [-0.4, -0.2) is 23.9 Å². The Bertz CT molecular complexity index is 629. The first kappa shape index (κ1) is 11.8. The molecule has 0 spiro atoms. The van der Waals surface area contributed by atoms with Crippen LogP contribution in [0.3, 0.4) is 0 Å². The Labute approximate surface area is 109 Å². The van der Waals surface area contributed by atoms with Crippen LogP contribution in [0, 0.1) is 11.6 Å². The summed E-state index contributed by atoms with van der Waals surface area (Å²) in [6, 6.07) is 2.22. The van der Waals surface area contributed by atoms with Gasteiger partial charge in [-0.15, -0.1) is 0 Å². The van der Waals surface area contributed by atoms with E-state index in [1.165, 1.54) is 0 Å². The molecular formula is C12H10F2N2OSe. The van der Waals surface area contributed by atoms with Crippen molar-refractivity contribution in [3.8, 4) is 17.0 Å². The molecule has 1 aromatic heterocycles. The van der Waals surface area contributed by atoms with Crippen molar-refractivity contribution in [2.45, 2.75) is 25.9 Å². The van der Waals surface area contributed by atoms with E-state index in [-0.39, 0.29) is 14.7 Å². The minimum atomic E-state index is -0.906. The molecule has 0 radical (unpaired) electrons. The molecule has 1 aromatic carbocycles. The number of ether oxygens (including phenoxy) is 1. The normalized spacial score (nSPS) is 21.1. The zero-order valence-electron chi connectivity index (χ0n) is 9.83. The van der Waals surface area contributed by atoms with Crippen molar-refractivity contribution in [1.29, 1.82) is 0 Å². The summed E-state index contributed by atoms with van der Waals surface area (Å²) in [7, 11) is 0. The number of aromatic nitrogens is 2. The van der Waals surface area contributed by atoms with Gasteiger partial charge in [0.05, 0.1) is 0 Å². The van der Waals surface area contributed by atoms with Crippen LogP contribution < -0.4 is 4.74 Å². The van der Waals surface area contributed by atoms with E-state index in [2.05, 4.69) is 9.19 Å². The molecule has 6 heteroatoms. The van der Waals surface area contributed by atoms with Gasteiger partial charge in [-0.25, -0.2) is 0 Å². The zero-order valence-corrected chi connectivity index (χ0v) is 11.5. The van der Waals surface area contributed by atoms with Gasteiger partial charge >= 0.3 is 109 Å². The van der Waals surface area contributed by atoms with Crippen LogP contribution in [0.4, 0.5) is 8.78 Å². The Kier molecular flexibility index (Phi) is 2.54. The van der Waals surface area contributed by atoms with Crippen LogP contribution in [0.5, 0.6) is 5.75 Å². The van der Waals surface area contributed by atoms with Gasteiger partial charge in [-0.3, -0.25) is 0 Å². The molecule has 0 fully saturated rings. The molecule has 0 bridgehead atoms. The van der Waals surface area contributed by atoms with Crippen LogP contribution >= 0.6 is 0 Å². The summed E-state index contributed by atoms with van der Waals surface area (Å²) >= 11 is -0.122. The molecule has 1 aliphatic heterocycles. The number of hydrogen-bond acceptors (Lipinski definition) is 3. The van der Waals surface area contributed by atoms with Crippen molar-refractivity contribution in [3.05, 3.63) is 28.2 Å². The van der Waals surface area contributed by atoms with E-state index < -0.39 is 17.2 Å². The van der Waals surface area contributed by atoms with Gasteiger partial charge in [0, 0.05) is 0 Å². The number of hydrogen-bond donors (Lipinski definition) is 0. The van der Waals surface area contributed by atoms with Crippen LogP contribution in [0.25, 0.3) is 11.3 Å². The molecule has 0 saturated carbocycles. The average molecular weight is 315 g/mol. The maximum atomic E-state index is 13.3. The van der Waals surface area contributed by atoms with Gasteiger partial charge in [0.2, 0.25) is 0 Å². The van der Waals surface area contributed by atoms with Gasteiger partial charge in [-0.2, -0.15) is 0 Å². The van der Waals surface area contributed by atoms with E-state index in [1.807, 2.05) is 13.8 Å². The molecule has 1 unspecified atom stereocenters. The number of fused-ring (bicyclic) bond motifs is 3. The van der Waals surface area contributed by atoms with Gasteiger partial charge in [0.1, 0.15) is 0 Å². The predicted molar refractivity (Wildman–Crippen MR) is 62.6 cm³/mol. The average Bonchev–Trinajstić information content (AvgIpc) is 2.82. The Morgan fingerprint density at radius 3 is 2.78 bits per heavy atom. The first-order chi connectivity index (χ1) is 8.55. The van der Waals surface area contributed by atoms with Gasteiger partial charge in [-0.1, -0.05) is 0 Å². The van der Waals surface area contributed by atoms with E-state index >= 15 is 0 Å². The Balaban J connectivity index is 2.28. The number of rotatable bonds is 1. The van der Waals surface area contributed by atoms with Crippen molar-refractivity contribution in [2.24, 2.45) is 0 Å². The Morgan fingerprint density at radius 1 is 1.33 bits per heavy atom. The minimum absolute atomic E-state index is 0.122. The quantitative estimate of drug-likeness (QED) is 0.759. The number of benzene rings is 1. The third-order valence-corrected chi connectivity index (χ3v) is 5.29. The molecule has 2 heterocycles. The summed E-state index contributed by atoms with van der Waals surface area (Å²) in [4.78, 5) is 0. The first-order valence-electron chi connectivity index (χ1n) is 5.56. The summed E-state index contributed by atoms with van der Waals surface area (Å²) in [5, 5.41) is 4.08. The standard InChI is InChI=1S/C12H10F2N2OSe/c1-3-12(2)11-10(15-16-18-11)6-4-7(13)8(14)5-9(6)17-12/h4-5H,3H2,1-2H3. The van der Waals surface area contributed by atoms with E-state index in [0.717, 1.165) is 23.0 Å². The SMILES string of the molecule is CCC1(C)Oc2cc(F)c(F)cc2-c2nn[se]c21. The van der Waals surface area contributed by atoms with E-state index in [9.17, 15) is 8.78 Å². The molecule has 94 valence electrons. The Hall–Kier alpha value is -1.26. The molecule has 0 saturated heterocycles. The summed E-state index contributed by atoms with van der Waals surface area (Å²) in [6.45, 7) is 3.93. The molecule has 18 heavy (non-hydrogen) atoms. The molecule has 1 atom stereocenters. The van der Waals surface area contributed by atoms with E-state index in [0.29, 0.717) is 17.0 Å². The van der Waals surface area contributed by atoms with Gasteiger partial charge in [0.25, 0.3) is 0 Å². The fraction of sp³-hybridized carbons (Fsp3) is 0.333. The van der Waals surface area contributed by atoms with Crippen LogP contribution in [0.1, 0.15) is 24.7 Å². The van der Waals surface area contributed by atoms with Gasteiger partial charge in [0.15, 0.2) is 0 Å². The van der Waals surface area contributed by atoms with Crippen molar-refractivity contribution >= 4 is 14.7 Å². The molecule has 0 aliphatic carbocycles. The first-order valence-corrected chi connectivity index (χ1v) is 7.18. The van der Waals surface area contributed by atoms with Gasteiger partial charge < -0.3 is 0 Å². The van der Waals surface area contributed by atoms with Crippen molar-refractivity contribution in [2.75, 3.05) is 0 Å². The fourth-order valence-corrected chi connectivity index (χ4v) is 3.76. The van der Waals surface area contributed by atoms with Gasteiger partial charge in [-0.05, 0) is 0 Å². The topological polar surface area (TPSA) is 35.0 Å². The molecule has 3 rings (SSSR count). The Morgan fingerprint density at radius 2 is 2.06 bits per heavy atom. The van der Waals surface area contributed by atoms with Crippen LogP contribution in [-0.2, 0) is 5.60 Å². The number of halogens is 2. The molecule has 0 N–H and O–H groups in total. The maximum absolute atomic E-state index is 13.3. The number of nitrogens with zero attached hydrogens (tertiary/aromatic N) is 2. The van der Waals surface area contributed by atoms with Crippen molar-refractivity contribution in [1.82, 2.24) is 9.19 Å². The summed E-state index contributed by atoms with van der Waals surface area (Å²) < 4.78 is 37.5. The second-order valence-corrected chi connectivity index (χ2v) is 5.98. The van der Waals surface area contributed by atoms with Crippen molar-refractivity contribution < 1.29 is 13.5 Å². The van der Waals surface area contributed by atoms with Crippen molar-refractivity contribution in [3.63, 3.8) is 0 Å². The fourth-order valence-electron chi connectivity index (χ4n) is 2.03. The molecule has 3 nitrogen and oxygen atoms in total.